The maximum Gasteiger partial charge on any atom is 0.344 e. The molecule has 0 spiro atoms. The second-order valence-corrected chi connectivity index (χ2v) is 6.88. The van der Waals surface area contributed by atoms with Crippen molar-refractivity contribution in [1.82, 2.24) is 5.32 Å². The highest BCUT2D eigenvalue weighted by Crippen LogP contribution is 2.29. The zero-order chi connectivity index (χ0) is 18.4. The average molecular weight is 353 g/mol. The molecule has 1 N–H and O–H groups in total. The van der Waals surface area contributed by atoms with Gasteiger partial charge >= 0.3 is 5.97 Å². The van der Waals surface area contributed by atoms with Crippen LogP contribution in [0.3, 0.4) is 0 Å². The smallest absolute Gasteiger partial charge is 0.344 e. The van der Waals surface area contributed by atoms with Gasteiger partial charge in [0.05, 0.1) is 6.61 Å². The Balaban J connectivity index is 1.61. The summed E-state index contributed by atoms with van der Waals surface area (Å²) >= 11 is 0. The summed E-state index contributed by atoms with van der Waals surface area (Å²) in [5, 5.41) is 3.70. The molecule has 0 unspecified atom stereocenters. The fourth-order valence-electron chi connectivity index (χ4n) is 3.47. The minimum absolute atomic E-state index is 0.0429. The van der Waals surface area contributed by atoms with Crippen molar-refractivity contribution in [2.24, 2.45) is 5.92 Å². The molecule has 0 fully saturated rings. The number of fused-ring (bicyclic) bond motifs is 1. The minimum Gasteiger partial charge on any atom is -0.482 e. The van der Waals surface area contributed by atoms with Gasteiger partial charge in [0, 0.05) is 12.6 Å². The van der Waals surface area contributed by atoms with Crippen LogP contribution in [0.1, 0.15) is 30.5 Å². The Morgan fingerprint density at radius 3 is 2.69 bits per heavy atom. The Morgan fingerprint density at radius 2 is 1.92 bits per heavy atom. The highest BCUT2D eigenvalue weighted by molar-refractivity contribution is 5.71. The van der Waals surface area contributed by atoms with Crippen molar-refractivity contribution in [3.63, 3.8) is 0 Å². The molecule has 1 aliphatic rings. The van der Waals surface area contributed by atoms with E-state index < -0.39 is 0 Å². The van der Waals surface area contributed by atoms with E-state index in [4.69, 9.17) is 9.47 Å². The van der Waals surface area contributed by atoms with Crippen LogP contribution in [-0.4, -0.2) is 25.2 Å². The van der Waals surface area contributed by atoms with Gasteiger partial charge in [0.1, 0.15) is 5.75 Å². The van der Waals surface area contributed by atoms with E-state index in [1.165, 1.54) is 16.7 Å². The van der Waals surface area contributed by atoms with Gasteiger partial charge in [-0.25, -0.2) is 4.79 Å². The van der Waals surface area contributed by atoms with Gasteiger partial charge in [0.15, 0.2) is 6.61 Å². The van der Waals surface area contributed by atoms with Crippen LogP contribution < -0.4 is 10.1 Å². The monoisotopic (exact) mass is 353 g/mol. The number of benzene rings is 2. The Kier molecular flexibility index (Phi) is 6.29. The summed E-state index contributed by atoms with van der Waals surface area (Å²) in [4.78, 5) is 11.5. The van der Waals surface area contributed by atoms with Crippen molar-refractivity contribution < 1.29 is 14.3 Å². The zero-order valence-corrected chi connectivity index (χ0v) is 15.5. The second kappa shape index (κ2) is 8.86. The molecular weight excluding hydrogens is 326 g/mol. The third-order valence-corrected chi connectivity index (χ3v) is 4.92. The molecule has 0 aliphatic heterocycles. The van der Waals surface area contributed by atoms with E-state index in [9.17, 15) is 4.79 Å². The van der Waals surface area contributed by atoms with Crippen molar-refractivity contribution in [2.45, 2.75) is 39.3 Å². The molecule has 0 heterocycles. The molecule has 138 valence electrons. The van der Waals surface area contributed by atoms with Gasteiger partial charge in [-0.15, -0.1) is 0 Å². The lowest BCUT2D eigenvalue weighted by molar-refractivity contribution is -0.145. The van der Waals surface area contributed by atoms with Crippen molar-refractivity contribution >= 4 is 5.97 Å². The Labute approximate surface area is 155 Å². The van der Waals surface area contributed by atoms with E-state index in [0.717, 1.165) is 25.1 Å². The summed E-state index contributed by atoms with van der Waals surface area (Å²) in [6, 6.07) is 17.1. The quantitative estimate of drug-likeness (QED) is 0.774. The number of esters is 1. The van der Waals surface area contributed by atoms with E-state index in [2.05, 4.69) is 48.6 Å². The lowest BCUT2D eigenvalue weighted by Crippen LogP contribution is -2.40. The second-order valence-electron chi connectivity index (χ2n) is 6.88. The Bertz CT molecular complexity index is 729. The molecule has 0 saturated heterocycles. The van der Waals surface area contributed by atoms with Gasteiger partial charge in [-0.3, -0.25) is 0 Å². The van der Waals surface area contributed by atoms with Gasteiger partial charge < -0.3 is 14.8 Å². The van der Waals surface area contributed by atoms with E-state index in [1.807, 2.05) is 12.1 Å². The van der Waals surface area contributed by atoms with Crippen LogP contribution in [0.25, 0.3) is 0 Å². The molecule has 4 heteroatoms. The summed E-state index contributed by atoms with van der Waals surface area (Å²) in [7, 11) is 0. The molecule has 2 aromatic rings. The molecule has 0 radical (unpaired) electrons. The lowest BCUT2D eigenvalue weighted by Gasteiger charge is -2.32. The van der Waals surface area contributed by atoms with Gasteiger partial charge in [-0.1, -0.05) is 43.3 Å². The number of carbonyl (C=O) groups is 1. The SMILES string of the molecule is CCOC(=O)COc1ccc2c(c1)C[C@@H](NCc1ccccc1)[C@H](C)C2. The van der Waals surface area contributed by atoms with Crippen LogP contribution in [-0.2, 0) is 28.9 Å². The molecule has 0 aromatic heterocycles. The van der Waals surface area contributed by atoms with Crippen LogP contribution in [0.4, 0.5) is 0 Å². The maximum absolute atomic E-state index is 11.5. The van der Waals surface area contributed by atoms with Gasteiger partial charge in [0.2, 0.25) is 0 Å². The van der Waals surface area contributed by atoms with Crippen LogP contribution in [0.2, 0.25) is 0 Å². The third-order valence-electron chi connectivity index (χ3n) is 4.92. The summed E-state index contributed by atoms with van der Waals surface area (Å²) in [6.45, 7) is 5.30. The molecule has 0 saturated carbocycles. The van der Waals surface area contributed by atoms with Crippen LogP contribution in [0.15, 0.2) is 48.5 Å². The lowest BCUT2D eigenvalue weighted by atomic mass is 9.81. The molecule has 26 heavy (non-hydrogen) atoms. The average Bonchev–Trinajstić information content (AvgIpc) is 2.66. The van der Waals surface area contributed by atoms with E-state index in [-0.39, 0.29) is 12.6 Å². The Morgan fingerprint density at radius 1 is 1.12 bits per heavy atom. The van der Waals surface area contributed by atoms with Crippen LogP contribution >= 0.6 is 0 Å². The van der Waals surface area contributed by atoms with Crippen LogP contribution in [0.5, 0.6) is 5.75 Å². The van der Waals surface area contributed by atoms with Crippen molar-refractivity contribution in [3.8, 4) is 5.75 Å². The summed E-state index contributed by atoms with van der Waals surface area (Å²) in [6.07, 6.45) is 2.03. The first kappa shape index (κ1) is 18.5. The number of ether oxygens (including phenoxy) is 2. The van der Waals surface area contributed by atoms with Crippen molar-refractivity contribution in [2.75, 3.05) is 13.2 Å². The summed E-state index contributed by atoms with van der Waals surface area (Å²) < 4.78 is 10.5. The van der Waals surface area contributed by atoms with E-state index in [0.29, 0.717) is 18.6 Å². The fourth-order valence-corrected chi connectivity index (χ4v) is 3.47. The summed E-state index contributed by atoms with van der Waals surface area (Å²) in [5.41, 5.74) is 3.98. The van der Waals surface area contributed by atoms with E-state index >= 15 is 0 Å². The molecule has 3 rings (SSSR count). The van der Waals surface area contributed by atoms with Gasteiger partial charge in [-0.05, 0) is 54.5 Å². The first-order chi connectivity index (χ1) is 12.7. The van der Waals surface area contributed by atoms with Gasteiger partial charge in [-0.2, -0.15) is 0 Å². The summed E-state index contributed by atoms with van der Waals surface area (Å²) in [5.74, 6) is 0.979. The highest BCUT2D eigenvalue weighted by atomic mass is 16.6. The third kappa shape index (κ3) is 4.85. The number of hydrogen-bond donors (Lipinski definition) is 1. The molecule has 2 aromatic carbocycles. The predicted octanol–water partition coefficient (Wildman–Crippen LogP) is 3.52. The molecule has 1 aliphatic carbocycles. The standard InChI is InChI=1S/C22H27NO3/c1-3-25-22(24)15-26-20-10-9-18-11-16(2)21(13-19(18)12-20)23-14-17-7-5-4-6-8-17/h4-10,12,16,21,23H,3,11,13-15H2,1-2H3/t16-,21-/m1/s1. The highest BCUT2D eigenvalue weighted by Gasteiger charge is 2.25. The Hall–Kier alpha value is -2.33. The normalized spacial score (nSPS) is 18.8. The topological polar surface area (TPSA) is 47.6 Å². The molecule has 0 bridgehead atoms. The van der Waals surface area contributed by atoms with Crippen molar-refractivity contribution in [3.05, 3.63) is 65.2 Å². The number of hydrogen-bond acceptors (Lipinski definition) is 4. The minimum atomic E-state index is -0.332. The van der Waals surface area contributed by atoms with E-state index in [1.54, 1.807) is 6.92 Å². The first-order valence-corrected chi connectivity index (χ1v) is 9.33. The first-order valence-electron chi connectivity index (χ1n) is 9.33. The van der Waals surface area contributed by atoms with Gasteiger partial charge in [0.25, 0.3) is 0 Å². The number of carbonyl (C=O) groups excluding carboxylic acids is 1. The fraction of sp³-hybridized carbons (Fsp3) is 0.409. The zero-order valence-electron chi connectivity index (χ0n) is 15.5. The van der Waals surface area contributed by atoms with Crippen LogP contribution in [0, 0.1) is 5.92 Å². The molecule has 4 nitrogen and oxygen atoms in total. The number of nitrogens with one attached hydrogen (secondary N) is 1. The maximum atomic E-state index is 11.5. The predicted molar refractivity (Wildman–Crippen MR) is 102 cm³/mol. The largest absolute Gasteiger partial charge is 0.482 e. The number of rotatable bonds is 7. The molecule has 2 atom stereocenters. The van der Waals surface area contributed by atoms with Crippen molar-refractivity contribution in [1.29, 1.82) is 0 Å². The molecular formula is C22H27NO3. The molecule has 0 amide bonds.